The smallest absolute Gasteiger partial charge is 0.232 e. The van der Waals surface area contributed by atoms with Crippen molar-refractivity contribution < 1.29 is 9.53 Å². The molecule has 1 aromatic rings. The Morgan fingerprint density at radius 1 is 1.42 bits per heavy atom. The topological polar surface area (TPSA) is 50.4 Å². The molecule has 0 fully saturated rings. The van der Waals surface area contributed by atoms with Crippen LogP contribution in [0.5, 0.6) is 5.75 Å². The number of rotatable bonds is 3. The zero-order chi connectivity index (χ0) is 14.0. The molecule has 1 unspecified atom stereocenters. The Morgan fingerprint density at radius 2 is 2.16 bits per heavy atom. The van der Waals surface area contributed by atoms with Crippen molar-refractivity contribution in [1.29, 1.82) is 0 Å². The normalized spacial score (nSPS) is 22.3. The summed E-state index contributed by atoms with van der Waals surface area (Å²) in [5.74, 6) is 0.759. The monoisotopic (exact) mass is 262 g/mol. The van der Waals surface area contributed by atoms with E-state index in [0.29, 0.717) is 12.3 Å². The molecule has 0 spiro atoms. The molecule has 2 N–H and O–H groups in total. The van der Waals surface area contributed by atoms with Gasteiger partial charge in [0.2, 0.25) is 5.91 Å². The van der Waals surface area contributed by atoms with Gasteiger partial charge in [0.25, 0.3) is 0 Å². The Hall–Kier alpha value is -1.71. The molecular formula is C15H22N2O2. The van der Waals surface area contributed by atoms with Gasteiger partial charge in [-0.15, -0.1) is 0 Å². The highest BCUT2D eigenvalue weighted by Gasteiger charge is 2.34. The summed E-state index contributed by atoms with van der Waals surface area (Å²) in [7, 11) is 0. The van der Waals surface area contributed by atoms with Gasteiger partial charge in [-0.1, -0.05) is 13.0 Å². The Kier molecular flexibility index (Phi) is 3.69. The van der Waals surface area contributed by atoms with E-state index in [1.165, 1.54) is 0 Å². The van der Waals surface area contributed by atoms with Gasteiger partial charge in [-0.05, 0) is 39.3 Å². The fourth-order valence-electron chi connectivity index (χ4n) is 2.08. The maximum absolute atomic E-state index is 12.4. The summed E-state index contributed by atoms with van der Waals surface area (Å²) in [5.41, 5.74) is 1.27. The predicted octanol–water partition coefficient (Wildman–Crippen LogP) is 3.25. The number of carbonyl (C=O) groups is 1. The molecule has 1 atom stereocenters. The second kappa shape index (κ2) is 5.11. The van der Waals surface area contributed by atoms with E-state index in [9.17, 15) is 4.79 Å². The number of hydrogen-bond acceptors (Lipinski definition) is 3. The minimum Gasteiger partial charge on any atom is -0.489 e. The van der Waals surface area contributed by atoms with Gasteiger partial charge in [0, 0.05) is 6.54 Å². The Labute approximate surface area is 114 Å². The number of amides is 1. The first-order valence-electron chi connectivity index (χ1n) is 6.81. The molecule has 4 heteroatoms. The molecule has 104 valence electrons. The molecule has 4 nitrogen and oxygen atoms in total. The summed E-state index contributed by atoms with van der Waals surface area (Å²) in [5, 5.41) is 6.36. The first-order valence-corrected chi connectivity index (χ1v) is 6.81. The zero-order valence-corrected chi connectivity index (χ0v) is 12.0. The number of carbonyl (C=O) groups excluding carboxylic acids is 1. The molecule has 1 aliphatic rings. The molecule has 0 bridgehead atoms. The SMILES string of the molecule is CCC1(C)CNc2cccc(OC(C)C)c2NC1=O. The van der Waals surface area contributed by atoms with Crippen molar-refractivity contribution in [1.82, 2.24) is 0 Å². The van der Waals surface area contributed by atoms with Crippen LogP contribution in [0.3, 0.4) is 0 Å². The van der Waals surface area contributed by atoms with Gasteiger partial charge in [0.15, 0.2) is 0 Å². The molecule has 0 aliphatic carbocycles. The third kappa shape index (κ3) is 2.67. The summed E-state index contributed by atoms with van der Waals surface area (Å²) in [4.78, 5) is 12.4. The largest absolute Gasteiger partial charge is 0.489 e. The van der Waals surface area contributed by atoms with Crippen molar-refractivity contribution in [3.8, 4) is 5.75 Å². The van der Waals surface area contributed by atoms with Crippen molar-refractivity contribution in [3.05, 3.63) is 18.2 Å². The highest BCUT2D eigenvalue weighted by atomic mass is 16.5. The van der Waals surface area contributed by atoms with E-state index in [2.05, 4.69) is 10.6 Å². The Balaban J connectivity index is 2.37. The fourth-order valence-corrected chi connectivity index (χ4v) is 2.08. The van der Waals surface area contributed by atoms with E-state index < -0.39 is 5.41 Å². The van der Waals surface area contributed by atoms with Crippen molar-refractivity contribution in [3.63, 3.8) is 0 Å². The zero-order valence-electron chi connectivity index (χ0n) is 12.0. The third-order valence-electron chi connectivity index (χ3n) is 3.62. The van der Waals surface area contributed by atoms with Gasteiger partial charge in [0.1, 0.15) is 11.4 Å². The summed E-state index contributed by atoms with van der Waals surface area (Å²) < 4.78 is 5.76. The van der Waals surface area contributed by atoms with Crippen LogP contribution in [0.2, 0.25) is 0 Å². The van der Waals surface area contributed by atoms with Crippen LogP contribution in [0.1, 0.15) is 34.1 Å². The van der Waals surface area contributed by atoms with Crippen LogP contribution < -0.4 is 15.4 Å². The summed E-state index contributed by atoms with van der Waals surface area (Å²) in [6.45, 7) is 8.59. The second-order valence-electron chi connectivity index (χ2n) is 5.57. The average molecular weight is 262 g/mol. The summed E-state index contributed by atoms with van der Waals surface area (Å²) >= 11 is 0. The molecule has 1 heterocycles. The molecule has 0 aromatic heterocycles. The van der Waals surface area contributed by atoms with Crippen molar-refractivity contribution in [2.45, 2.75) is 40.2 Å². The third-order valence-corrected chi connectivity index (χ3v) is 3.62. The molecule has 1 aromatic carbocycles. The van der Waals surface area contributed by atoms with Crippen LogP contribution in [0, 0.1) is 5.41 Å². The molecule has 0 saturated heterocycles. The lowest BCUT2D eigenvalue weighted by Crippen LogP contribution is -2.36. The Bertz CT molecular complexity index is 485. The van der Waals surface area contributed by atoms with Gasteiger partial charge < -0.3 is 15.4 Å². The van der Waals surface area contributed by atoms with E-state index in [1.807, 2.05) is 45.9 Å². The van der Waals surface area contributed by atoms with Gasteiger partial charge in [-0.25, -0.2) is 0 Å². The van der Waals surface area contributed by atoms with Gasteiger partial charge in [0.05, 0.1) is 17.2 Å². The van der Waals surface area contributed by atoms with Gasteiger partial charge in [-0.3, -0.25) is 4.79 Å². The van der Waals surface area contributed by atoms with Crippen LogP contribution in [0.15, 0.2) is 18.2 Å². The highest BCUT2D eigenvalue weighted by molar-refractivity contribution is 6.01. The van der Waals surface area contributed by atoms with Crippen molar-refractivity contribution >= 4 is 17.3 Å². The minimum absolute atomic E-state index is 0.0426. The maximum atomic E-state index is 12.4. The van der Waals surface area contributed by atoms with Crippen molar-refractivity contribution in [2.24, 2.45) is 5.41 Å². The van der Waals surface area contributed by atoms with E-state index in [0.717, 1.165) is 17.8 Å². The summed E-state index contributed by atoms with van der Waals surface area (Å²) in [6, 6.07) is 5.78. The number of benzene rings is 1. The highest BCUT2D eigenvalue weighted by Crippen LogP contribution is 2.38. The Morgan fingerprint density at radius 3 is 2.79 bits per heavy atom. The lowest BCUT2D eigenvalue weighted by atomic mass is 9.86. The molecule has 1 amide bonds. The number of ether oxygens (including phenoxy) is 1. The first kappa shape index (κ1) is 13.7. The second-order valence-corrected chi connectivity index (χ2v) is 5.57. The van der Waals surface area contributed by atoms with Crippen LogP contribution in [-0.4, -0.2) is 18.6 Å². The van der Waals surface area contributed by atoms with Crippen LogP contribution >= 0.6 is 0 Å². The van der Waals surface area contributed by atoms with Crippen LogP contribution in [-0.2, 0) is 4.79 Å². The van der Waals surface area contributed by atoms with Crippen LogP contribution in [0.25, 0.3) is 0 Å². The van der Waals surface area contributed by atoms with Crippen molar-refractivity contribution in [2.75, 3.05) is 17.2 Å². The maximum Gasteiger partial charge on any atom is 0.232 e. The quantitative estimate of drug-likeness (QED) is 0.879. The lowest BCUT2D eigenvalue weighted by Gasteiger charge is -2.24. The number of nitrogens with one attached hydrogen (secondary N) is 2. The number of fused-ring (bicyclic) bond motifs is 1. The lowest BCUT2D eigenvalue weighted by molar-refractivity contribution is -0.124. The standard InChI is InChI=1S/C15H22N2O2/c1-5-15(4)9-16-11-7-6-8-12(19-10(2)3)13(11)17-14(15)18/h6-8,10,16H,5,9H2,1-4H3,(H,17,18). The molecule has 19 heavy (non-hydrogen) atoms. The van der Waals surface area contributed by atoms with E-state index >= 15 is 0 Å². The first-order chi connectivity index (χ1) is 8.96. The fraction of sp³-hybridized carbons (Fsp3) is 0.533. The van der Waals surface area contributed by atoms with Gasteiger partial charge >= 0.3 is 0 Å². The minimum atomic E-state index is -0.395. The van der Waals surface area contributed by atoms with E-state index in [4.69, 9.17) is 4.74 Å². The number of hydrogen-bond donors (Lipinski definition) is 2. The molecular weight excluding hydrogens is 240 g/mol. The number of para-hydroxylation sites is 1. The van der Waals surface area contributed by atoms with Gasteiger partial charge in [-0.2, -0.15) is 0 Å². The molecule has 0 saturated carbocycles. The van der Waals surface area contributed by atoms with E-state index in [-0.39, 0.29) is 12.0 Å². The predicted molar refractivity (Wildman–Crippen MR) is 77.7 cm³/mol. The molecule has 0 radical (unpaired) electrons. The number of anilines is 2. The molecule has 2 rings (SSSR count). The summed E-state index contributed by atoms with van der Waals surface area (Å²) in [6.07, 6.45) is 0.865. The molecule has 1 aliphatic heterocycles. The average Bonchev–Trinajstić information content (AvgIpc) is 2.49. The van der Waals surface area contributed by atoms with E-state index in [1.54, 1.807) is 0 Å². The van der Waals surface area contributed by atoms with Crippen LogP contribution in [0.4, 0.5) is 11.4 Å².